The van der Waals surface area contributed by atoms with Gasteiger partial charge in [0.05, 0.1) is 12.3 Å². The molecule has 4 nitrogen and oxygen atoms in total. The van der Waals surface area contributed by atoms with Gasteiger partial charge < -0.3 is 4.74 Å². The summed E-state index contributed by atoms with van der Waals surface area (Å²) in [5, 5.41) is 3.35. The first-order valence-electron chi connectivity index (χ1n) is 9.34. The van der Waals surface area contributed by atoms with Crippen molar-refractivity contribution in [3.8, 4) is 17.0 Å². The Morgan fingerprint density at radius 1 is 1.11 bits per heavy atom. The number of aromatic nitrogens is 1. The number of ether oxygens (including phenoxy) is 1. The van der Waals surface area contributed by atoms with Gasteiger partial charge in [0.2, 0.25) is 0 Å². The highest BCUT2D eigenvalue weighted by Crippen LogP contribution is 2.30. The van der Waals surface area contributed by atoms with Crippen LogP contribution in [0.25, 0.3) is 11.3 Å². The fourth-order valence-corrected chi connectivity index (χ4v) is 3.57. The van der Waals surface area contributed by atoms with E-state index >= 15 is 0 Å². The predicted octanol–water partition coefficient (Wildman–Crippen LogP) is 6.08. The summed E-state index contributed by atoms with van der Waals surface area (Å²) in [5.41, 5.74) is 2.11. The second kappa shape index (κ2) is 9.46. The van der Waals surface area contributed by atoms with Crippen LogP contribution < -0.4 is 10.1 Å². The summed E-state index contributed by atoms with van der Waals surface area (Å²) >= 11 is 1.39. The van der Waals surface area contributed by atoms with Gasteiger partial charge in [-0.15, -0.1) is 11.3 Å². The van der Waals surface area contributed by atoms with E-state index in [-0.39, 0.29) is 11.7 Å². The molecule has 0 fully saturated rings. The maximum atomic E-state index is 13.1. The molecule has 0 saturated carbocycles. The average Bonchev–Trinajstić information content (AvgIpc) is 3.06. The van der Waals surface area contributed by atoms with Gasteiger partial charge in [0, 0.05) is 16.0 Å². The molecular weight excluding hydrogens is 375 g/mol. The summed E-state index contributed by atoms with van der Waals surface area (Å²) in [5.74, 6) is 0.247. The molecular formula is C22H23FN2O2S. The van der Waals surface area contributed by atoms with Gasteiger partial charge in [0.25, 0.3) is 5.91 Å². The zero-order valence-electron chi connectivity index (χ0n) is 16.0. The molecule has 146 valence electrons. The van der Waals surface area contributed by atoms with E-state index in [1.54, 1.807) is 36.4 Å². The molecule has 1 aromatic heterocycles. The number of rotatable bonds is 8. The van der Waals surface area contributed by atoms with Gasteiger partial charge in [-0.1, -0.05) is 19.8 Å². The van der Waals surface area contributed by atoms with Gasteiger partial charge in [-0.2, -0.15) is 0 Å². The lowest BCUT2D eigenvalue weighted by molar-refractivity contribution is 0.102. The molecule has 3 rings (SSSR count). The number of halogens is 1. The lowest BCUT2D eigenvalue weighted by Crippen LogP contribution is -2.11. The van der Waals surface area contributed by atoms with E-state index in [0.29, 0.717) is 17.3 Å². The second-order valence-electron chi connectivity index (χ2n) is 6.46. The number of anilines is 1. The van der Waals surface area contributed by atoms with E-state index in [0.717, 1.165) is 41.1 Å². The summed E-state index contributed by atoms with van der Waals surface area (Å²) in [6.07, 6.45) is 3.33. The van der Waals surface area contributed by atoms with Crippen molar-refractivity contribution in [1.29, 1.82) is 0 Å². The summed E-state index contributed by atoms with van der Waals surface area (Å²) in [6, 6.07) is 13.3. The predicted molar refractivity (Wildman–Crippen MR) is 112 cm³/mol. The molecule has 0 radical (unpaired) electrons. The van der Waals surface area contributed by atoms with Crippen molar-refractivity contribution in [2.24, 2.45) is 0 Å². The van der Waals surface area contributed by atoms with E-state index in [2.05, 4.69) is 17.2 Å². The van der Waals surface area contributed by atoms with Crippen molar-refractivity contribution in [3.05, 3.63) is 64.8 Å². The zero-order chi connectivity index (χ0) is 19.9. The van der Waals surface area contributed by atoms with E-state index in [9.17, 15) is 9.18 Å². The van der Waals surface area contributed by atoms with Crippen LogP contribution in [-0.4, -0.2) is 17.5 Å². The lowest BCUT2D eigenvalue weighted by atomic mass is 10.1. The molecule has 0 aliphatic carbocycles. The SMILES string of the molecule is CCCCCOc1ccc(C(=O)Nc2nc(-c3ccc(F)cc3)c(C)s2)cc1. The molecule has 0 atom stereocenters. The zero-order valence-corrected chi connectivity index (χ0v) is 16.8. The van der Waals surface area contributed by atoms with Crippen molar-refractivity contribution in [1.82, 2.24) is 4.98 Å². The Kier molecular flexibility index (Phi) is 6.76. The number of carbonyl (C=O) groups is 1. The molecule has 0 saturated heterocycles. The van der Waals surface area contributed by atoms with Gasteiger partial charge in [-0.3, -0.25) is 10.1 Å². The molecule has 1 N–H and O–H groups in total. The van der Waals surface area contributed by atoms with Crippen molar-refractivity contribution in [2.45, 2.75) is 33.1 Å². The molecule has 0 unspecified atom stereocenters. The van der Waals surface area contributed by atoms with E-state index < -0.39 is 0 Å². The third kappa shape index (κ3) is 5.16. The van der Waals surface area contributed by atoms with Crippen molar-refractivity contribution in [3.63, 3.8) is 0 Å². The summed E-state index contributed by atoms with van der Waals surface area (Å²) < 4.78 is 18.8. The number of thiazole rings is 1. The van der Waals surface area contributed by atoms with E-state index in [1.807, 2.05) is 6.92 Å². The Labute approximate surface area is 168 Å². The van der Waals surface area contributed by atoms with Crippen LogP contribution in [-0.2, 0) is 0 Å². The number of hydrogen-bond acceptors (Lipinski definition) is 4. The highest BCUT2D eigenvalue weighted by atomic mass is 32.1. The largest absolute Gasteiger partial charge is 0.494 e. The average molecular weight is 399 g/mol. The fraction of sp³-hybridized carbons (Fsp3) is 0.273. The number of unbranched alkanes of at least 4 members (excludes halogenated alkanes) is 2. The van der Waals surface area contributed by atoms with Crippen LogP contribution in [0.15, 0.2) is 48.5 Å². The Balaban J connectivity index is 1.63. The van der Waals surface area contributed by atoms with Crippen molar-refractivity contribution >= 4 is 22.4 Å². The van der Waals surface area contributed by atoms with Crippen LogP contribution in [0.4, 0.5) is 9.52 Å². The first-order valence-corrected chi connectivity index (χ1v) is 10.2. The summed E-state index contributed by atoms with van der Waals surface area (Å²) in [7, 11) is 0. The van der Waals surface area contributed by atoms with Gasteiger partial charge in [0.1, 0.15) is 11.6 Å². The molecule has 2 aromatic carbocycles. The molecule has 0 aliphatic heterocycles. The number of amides is 1. The quantitative estimate of drug-likeness (QED) is 0.468. The Morgan fingerprint density at radius 2 is 1.82 bits per heavy atom. The van der Waals surface area contributed by atoms with Crippen LogP contribution in [0.1, 0.15) is 41.4 Å². The molecule has 0 aliphatic rings. The highest BCUT2D eigenvalue weighted by Gasteiger charge is 2.13. The summed E-state index contributed by atoms with van der Waals surface area (Å²) in [4.78, 5) is 17.9. The monoisotopic (exact) mass is 398 g/mol. The topological polar surface area (TPSA) is 51.2 Å². The van der Waals surface area contributed by atoms with E-state index in [4.69, 9.17) is 4.74 Å². The van der Waals surface area contributed by atoms with Gasteiger partial charge in [-0.05, 0) is 61.9 Å². The molecule has 0 spiro atoms. The van der Waals surface area contributed by atoms with Crippen LogP contribution in [0.2, 0.25) is 0 Å². The number of benzene rings is 2. The van der Waals surface area contributed by atoms with Gasteiger partial charge in [-0.25, -0.2) is 9.37 Å². The minimum atomic E-state index is -0.289. The number of nitrogens with one attached hydrogen (secondary N) is 1. The Bertz CT molecular complexity index is 921. The minimum Gasteiger partial charge on any atom is -0.494 e. The van der Waals surface area contributed by atoms with Gasteiger partial charge >= 0.3 is 0 Å². The Hall–Kier alpha value is -2.73. The minimum absolute atomic E-state index is 0.225. The number of nitrogens with zero attached hydrogens (tertiary/aromatic N) is 1. The van der Waals surface area contributed by atoms with Crippen LogP contribution in [0.3, 0.4) is 0 Å². The van der Waals surface area contributed by atoms with Crippen molar-refractivity contribution in [2.75, 3.05) is 11.9 Å². The molecule has 1 heterocycles. The molecule has 1 amide bonds. The maximum absolute atomic E-state index is 13.1. The first-order chi connectivity index (χ1) is 13.6. The maximum Gasteiger partial charge on any atom is 0.257 e. The van der Waals surface area contributed by atoms with Gasteiger partial charge in [0.15, 0.2) is 5.13 Å². The number of hydrogen-bond donors (Lipinski definition) is 1. The third-order valence-electron chi connectivity index (χ3n) is 4.27. The normalized spacial score (nSPS) is 10.7. The van der Waals surface area contributed by atoms with E-state index in [1.165, 1.54) is 23.5 Å². The molecule has 0 bridgehead atoms. The first kappa shape index (κ1) is 20.0. The lowest BCUT2D eigenvalue weighted by Gasteiger charge is -2.07. The second-order valence-corrected chi connectivity index (χ2v) is 7.67. The summed E-state index contributed by atoms with van der Waals surface area (Å²) in [6.45, 7) is 4.76. The van der Waals surface area contributed by atoms with Crippen LogP contribution in [0, 0.1) is 12.7 Å². The molecule has 28 heavy (non-hydrogen) atoms. The standard InChI is InChI=1S/C22H23FN2O2S/c1-3-4-5-14-27-19-12-8-17(9-13-19)21(26)25-22-24-20(15(2)28-22)16-6-10-18(23)11-7-16/h6-13H,3-5,14H2,1-2H3,(H,24,25,26). The van der Waals surface area contributed by atoms with Crippen LogP contribution in [0.5, 0.6) is 5.75 Å². The number of aryl methyl sites for hydroxylation is 1. The molecule has 3 aromatic rings. The third-order valence-corrected chi connectivity index (χ3v) is 5.15. The van der Waals surface area contributed by atoms with Crippen molar-refractivity contribution < 1.29 is 13.9 Å². The highest BCUT2D eigenvalue weighted by molar-refractivity contribution is 7.16. The van der Waals surface area contributed by atoms with Crippen LogP contribution >= 0.6 is 11.3 Å². The Morgan fingerprint density at radius 3 is 2.50 bits per heavy atom. The molecule has 6 heteroatoms. The number of carbonyl (C=O) groups excluding carboxylic acids is 1. The fourth-order valence-electron chi connectivity index (χ4n) is 2.74. The smallest absolute Gasteiger partial charge is 0.257 e.